The summed E-state index contributed by atoms with van der Waals surface area (Å²) in [5.74, 6) is 0.0960. The van der Waals surface area contributed by atoms with Crippen molar-refractivity contribution < 1.29 is 9.53 Å². The van der Waals surface area contributed by atoms with Crippen molar-refractivity contribution in [3.05, 3.63) is 0 Å². The Labute approximate surface area is 115 Å². The maximum atomic E-state index is 11.8. The molecule has 106 valence electrons. The van der Waals surface area contributed by atoms with Gasteiger partial charge in [-0.05, 0) is 38.9 Å². The fourth-order valence-electron chi connectivity index (χ4n) is 2.32. The lowest BCUT2D eigenvalue weighted by molar-refractivity contribution is -0.122. The molecule has 3 unspecified atom stereocenters. The van der Waals surface area contributed by atoms with Crippen LogP contribution in [0.25, 0.3) is 0 Å². The van der Waals surface area contributed by atoms with Gasteiger partial charge in [0.2, 0.25) is 5.91 Å². The van der Waals surface area contributed by atoms with Crippen LogP contribution >= 0.6 is 11.8 Å². The second-order valence-corrected chi connectivity index (χ2v) is 6.03. The Morgan fingerprint density at radius 1 is 1.50 bits per heavy atom. The number of hydrogen-bond acceptors (Lipinski definition) is 4. The molecule has 0 aromatic rings. The summed E-state index contributed by atoms with van der Waals surface area (Å²) in [6, 6.07) is 0.403. The van der Waals surface area contributed by atoms with E-state index in [1.807, 2.05) is 18.7 Å². The molecule has 0 radical (unpaired) electrons. The van der Waals surface area contributed by atoms with Gasteiger partial charge in [-0.1, -0.05) is 0 Å². The van der Waals surface area contributed by atoms with Crippen LogP contribution in [0.4, 0.5) is 0 Å². The zero-order chi connectivity index (χ0) is 13.4. The molecule has 0 saturated heterocycles. The maximum Gasteiger partial charge on any atom is 0.236 e. The first kappa shape index (κ1) is 15.8. The van der Waals surface area contributed by atoms with E-state index in [1.165, 1.54) is 19.3 Å². The van der Waals surface area contributed by atoms with Gasteiger partial charge in [-0.2, -0.15) is 11.8 Å². The van der Waals surface area contributed by atoms with Crippen molar-refractivity contribution in [3.63, 3.8) is 0 Å². The van der Waals surface area contributed by atoms with E-state index >= 15 is 0 Å². The second kappa shape index (κ2) is 8.77. The van der Waals surface area contributed by atoms with E-state index in [2.05, 4.69) is 16.9 Å². The van der Waals surface area contributed by atoms with Crippen LogP contribution in [0, 0.1) is 0 Å². The van der Waals surface area contributed by atoms with Crippen LogP contribution in [-0.4, -0.2) is 49.8 Å². The maximum absolute atomic E-state index is 11.8. The highest BCUT2D eigenvalue weighted by Crippen LogP contribution is 2.28. The van der Waals surface area contributed by atoms with Gasteiger partial charge in [-0.25, -0.2) is 0 Å². The van der Waals surface area contributed by atoms with Crippen molar-refractivity contribution in [3.8, 4) is 0 Å². The number of hydrogen-bond donors (Lipinski definition) is 2. The van der Waals surface area contributed by atoms with Gasteiger partial charge in [0.25, 0.3) is 0 Å². The molecule has 1 saturated carbocycles. The first-order chi connectivity index (χ1) is 8.67. The average Bonchev–Trinajstić information content (AvgIpc) is 2.82. The van der Waals surface area contributed by atoms with E-state index in [1.54, 1.807) is 7.11 Å². The minimum atomic E-state index is -0.0989. The van der Waals surface area contributed by atoms with Gasteiger partial charge in [0.15, 0.2) is 0 Å². The Morgan fingerprint density at radius 2 is 2.28 bits per heavy atom. The molecule has 0 aromatic carbocycles. The first-order valence-electron chi connectivity index (χ1n) is 6.72. The van der Waals surface area contributed by atoms with Crippen molar-refractivity contribution in [1.29, 1.82) is 0 Å². The van der Waals surface area contributed by atoms with E-state index in [-0.39, 0.29) is 11.9 Å². The lowest BCUT2D eigenvalue weighted by Crippen LogP contribution is -2.46. The monoisotopic (exact) mass is 274 g/mol. The summed E-state index contributed by atoms with van der Waals surface area (Å²) in [6.45, 7) is 3.33. The molecular weight excluding hydrogens is 248 g/mol. The lowest BCUT2D eigenvalue weighted by Gasteiger charge is -2.19. The van der Waals surface area contributed by atoms with E-state index < -0.39 is 0 Å². The molecule has 1 rings (SSSR count). The topological polar surface area (TPSA) is 50.4 Å². The molecular formula is C13H26N2O2S. The number of rotatable bonds is 8. The molecule has 1 amide bonds. The van der Waals surface area contributed by atoms with Crippen LogP contribution < -0.4 is 10.6 Å². The molecule has 4 nitrogen and oxygen atoms in total. The predicted molar refractivity (Wildman–Crippen MR) is 77.0 cm³/mol. The van der Waals surface area contributed by atoms with E-state index in [0.29, 0.717) is 19.2 Å². The standard InChI is InChI=1S/C13H26N2O2S/c1-10(13(16)14-7-4-8-17-2)15-11-5-6-12(9-11)18-3/h10-12,15H,4-9H2,1-3H3,(H,14,16). The Balaban J connectivity index is 2.15. The highest BCUT2D eigenvalue weighted by molar-refractivity contribution is 7.99. The molecule has 2 N–H and O–H groups in total. The molecule has 18 heavy (non-hydrogen) atoms. The Hall–Kier alpha value is -0.260. The van der Waals surface area contributed by atoms with Crippen LogP contribution in [-0.2, 0) is 9.53 Å². The van der Waals surface area contributed by atoms with Gasteiger partial charge in [0.1, 0.15) is 0 Å². The Kier molecular flexibility index (Phi) is 7.70. The van der Waals surface area contributed by atoms with Crippen molar-refractivity contribution in [2.45, 2.75) is 49.9 Å². The van der Waals surface area contributed by atoms with Crippen molar-refractivity contribution in [2.75, 3.05) is 26.5 Å². The van der Waals surface area contributed by atoms with Gasteiger partial charge in [0.05, 0.1) is 6.04 Å². The summed E-state index contributed by atoms with van der Waals surface area (Å²) in [4.78, 5) is 11.8. The third-order valence-electron chi connectivity index (χ3n) is 3.42. The van der Waals surface area contributed by atoms with Gasteiger partial charge in [0, 0.05) is 31.6 Å². The molecule has 0 bridgehead atoms. The summed E-state index contributed by atoms with van der Waals surface area (Å²) < 4.78 is 4.95. The fourth-order valence-corrected chi connectivity index (χ4v) is 3.11. The molecule has 1 fully saturated rings. The third-order valence-corrected chi connectivity index (χ3v) is 4.52. The smallest absolute Gasteiger partial charge is 0.236 e. The SMILES string of the molecule is COCCCNC(=O)C(C)NC1CCC(SC)C1. The summed E-state index contributed by atoms with van der Waals surface area (Å²) in [5.41, 5.74) is 0. The summed E-state index contributed by atoms with van der Waals surface area (Å²) in [6.07, 6.45) is 6.67. The summed E-state index contributed by atoms with van der Waals surface area (Å²) in [7, 11) is 1.67. The molecule has 1 aliphatic rings. The Bertz CT molecular complexity index is 251. The minimum Gasteiger partial charge on any atom is -0.385 e. The van der Waals surface area contributed by atoms with Crippen LogP contribution in [0.15, 0.2) is 0 Å². The van der Waals surface area contributed by atoms with E-state index in [4.69, 9.17) is 4.74 Å². The normalized spacial score (nSPS) is 25.1. The first-order valence-corrected chi connectivity index (χ1v) is 8.01. The third kappa shape index (κ3) is 5.59. The fraction of sp³-hybridized carbons (Fsp3) is 0.923. The molecule has 0 spiro atoms. The lowest BCUT2D eigenvalue weighted by atomic mass is 10.2. The number of carbonyl (C=O) groups excluding carboxylic acids is 1. The summed E-state index contributed by atoms with van der Waals surface area (Å²) >= 11 is 1.94. The number of nitrogens with one attached hydrogen (secondary N) is 2. The molecule has 1 aliphatic carbocycles. The predicted octanol–water partition coefficient (Wildman–Crippen LogP) is 1.40. The van der Waals surface area contributed by atoms with Crippen molar-refractivity contribution >= 4 is 17.7 Å². The Morgan fingerprint density at radius 3 is 2.89 bits per heavy atom. The zero-order valence-corrected chi connectivity index (χ0v) is 12.5. The number of methoxy groups -OCH3 is 1. The van der Waals surface area contributed by atoms with Crippen molar-refractivity contribution in [1.82, 2.24) is 10.6 Å². The van der Waals surface area contributed by atoms with Gasteiger partial charge >= 0.3 is 0 Å². The minimum absolute atomic E-state index is 0.0960. The largest absolute Gasteiger partial charge is 0.385 e. The number of thioether (sulfide) groups is 1. The van der Waals surface area contributed by atoms with Crippen molar-refractivity contribution in [2.24, 2.45) is 0 Å². The summed E-state index contributed by atoms with van der Waals surface area (Å²) in [5, 5.41) is 7.12. The van der Waals surface area contributed by atoms with Gasteiger partial charge in [-0.15, -0.1) is 0 Å². The highest BCUT2D eigenvalue weighted by Gasteiger charge is 2.26. The molecule has 0 aliphatic heterocycles. The van der Waals surface area contributed by atoms with Gasteiger partial charge < -0.3 is 15.4 Å². The van der Waals surface area contributed by atoms with E-state index in [0.717, 1.165) is 11.7 Å². The van der Waals surface area contributed by atoms with Crippen LogP contribution in [0.1, 0.15) is 32.6 Å². The number of ether oxygens (including phenoxy) is 1. The second-order valence-electron chi connectivity index (χ2n) is 4.89. The van der Waals surface area contributed by atoms with Crippen LogP contribution in [0.5, 0.6) is 0 Å². The van der Waals surface area contributed by atoms with E-state index in [9.17, 15) is 4.79 Å². The van der Waals surface area contributed by atoms with Crippen LogP contribution in [0.3, 0.4) is 0 Å². The van der Waals surface area contributed by atoms with Gasteiger partial charge in [-0.3, -0.25) is 4.79 Å². The molecule has 5 heteroatoms. The average molecular weight is 274 g/mol. The molecule has 0 aromatic heterocycles. The zero-order valence-electron chi connectivity index (χ0n) is 11.7. The molecule has 3 atom stereocenters. The number of amides is 1. The molecule has 0 heterocycles. The number of carbonyl (C=O) groups is 1. The highest BCUT2D eigenvalue weighted by atomic mass is 32.2. The quantitative estimate of drug-likeness (QED) is 0.657. The van der Waals surface area contributed by atoms with Crippen LogP contribution in [0.2, 0.25) is 0 Å².